The molecule has 1 aromatic heterocycles. The van der Waals surface area contributed by atoms with Gasteiger partial charge < -0.3 is 9.84 Å². The zero-order valence-electron chi connectivity index (χ0n) is 6.44. The van der Waals surface area contributed by atoms with Gasteiger partial charge in [0.05, 0.1) is 7.11 Å². The van der Waals surface area contributed by atoms with Gasteiger partial charge >= 0.3 is 6.09 Å². The maximum atomic E-state index is 10.2. The molecule has 0 saturated carbocycles. The summed E-state index contributed by atoms with van der Waals surface area (Å²) in [6, 6.07) is 3.19. The summed E-state index contributed by atoms with van der Waals surface area (Å²) in [4.78, 5) is 14.0. The number of nitrogens with one attached hydrogen (secondary N) is 1. The molecule has 0 saturated heterocycles. The Balaban J connectivity index is 2.89. The van der Waals surface area contributed by atoms with E-state index < -0.39 is 6.09 Å². The number of rotatable bonds is 2. The van der Waals surface area contributed by atoms with Crippen LogP contribution in [0.25, 0.3) is 0 Å². The fraction of sp³-hybridized carbons (Fsp3) is 0.143. The molecule has 12 heavy (non-hydrogen) atoms. The molecule has 0 aliphatic carbocycles. The van der Waals surface area contributed by atoms with Gasteiger partial charge in [0.15, 0.2) is 0 Å². The van der Waals surface area contributed by atoms with Gasteiger partial charge in [-0.15, -0.1) is 0 Å². The van der Waals surface area contributed by atoms with Gasteiger partial charge in [0.1, 0.15) is 5.69 Å². The molecule has 64 valence electrons. The predicted molar refractivity (Wildman–Crippen MR) is 42.4 cm³/mol. The fourth-order valence-electron chi connectivity index (χ4n) is 0.764. The Hall–Kier alpha value is -1.78. The van der Waals surface area contributed by atoms with Crippen molar-refractivity contribution in [3.8, 4) is 5.88 Å². The van der Waals surface area contributed by atoms with Crippen LogP contribution in [0.15, 0.2) is 18.3 Å². The molecule has 1 rings (SSSR count). The molecular formula is C7H8N2O3. The quantitative estimate of drug-likeness (QED) is 0.695. The van der Waals surface area contributed by atoms with E-state index in [1.165, 1.54) is 13.3 Å². The fourth-order valence-corrected chi connectivity index (χ4v) is 0.764. The Morgan fingerprint density at radius 3 is 3.08 bits per heavy atom. The molecule has 0 aliphatic heterocycles. The lowest BCUT2D eigenvalue weighted by Crippen LogP contribution is -2.08. The van der Waals surface area contributed by atoms with E-state index >= 15 is 0 Å². The van der Waals surface area contributed by atoms with Crippen LogP contribution in [-0.2, 0) is 0 Å². The molecule has 0 fully saturated rings. The average molecular weight is 168 g/mol. The third-order valence-corrected chi connectivity index (χ3v) is 1.21. The third-order valence-electron chi connectivity index (χ3n) is 1.21. The molecule has 0 aromatic carbocycles. The number of hydrogen-bond donors (Lipinski definition) is 2. The molecular weight excluding hydrogens is 160 g/mol. The molecule has 0 aliphatic rings. The number of amides is 1. The predicted octanol–water partition coefficient (Wildman–Crippen LogP) is 1.18. The lowest BCUT2D eigenvalue weighted by molar-refractivity contribution is 0.209. The normalized spacial score (nSPS) is 9.08. The summed E-state index contributed by atoms with van der Waals surface area (Å²) in [7, 11) is 1.43. The molecule has 0 atom stereocenters. The van der Waals surface area contributed by atoms with Crippen LogP contribution in [0.4, 0.5) is 10.5 Å². The molecule has 5 nitrogen and oxygen atoms in total. The monoisotopic (exact) mass is 168 g/mol. The minimum absolute atomic E-state index is 0.264. The number of anilines is 1. The number of carboxylic acid groups (broad SMARTS) is 1. The van der Waals surface area contributed by atoms with Crippen LogP contribution in [0, 0.1) is 0 Å². The lowest BCUT2D eigenvalue weighted by atomic mass is 10.4. The first-order valence-corrected chi connectivity index (χ1v) is 3.23. The summed E-state index contributed by atoms with van der Waals surface area (Å²) in [6.45, 7) is 0. The Kier molecular flexibility index (Phi) is 2.47. The summed E-state index contributed by atoms with van der Waals surface area (Å²) in [6.07, 6.45) is 0.382. The number of pyridine rings is 1. The van der Waals surface area contributed by atoms with E-state index in [2.05, 4.69) is 10.3 Å². The van der Waals surface area contributed by atoms with Crippen molar-refractivity contribution in [2.75, 3.05) is 12.4 Å². The van der Waals surface area contributed by atoms with E-state index in [0.29, 0.717) is 5.69 Å². The molecule has 0 bridgehead atoms. The summed E-state index contributed by atoms with van der Waals surface area (Å²) in [5, 5.41) is 10.5. The van der Waals surface area contributed by atoms with E-state index in [4.69, 9.17) is 9.84 Å². The minimum atomic E-state index is -1.14. The maximum absolute atomic E-state index is 10.2. The second kappa shape index (κ2) is 3.56. The molecule has 0 spiro atoms. The number of aromatic nitrogens is 1. The van der Waals surface area contributed by atoms with Crippen LogP contribution >= 0.6 is 0 Å². The van der Waals surface area contributed by atoms with Crippen molar-refractivity contribution in [3.05, 3.63) is 18.3 Å². The topological polar surface area (TPSA) is 71.5 Å². The maximum Gasteiger partial charge on any atom is 0.409 e. The molecule has 1 heterocycles. The Morgan fingerprint density at radius 2 is 2.50 bits per heavy atom. The molecule has 5 heteroatoms. The molecule has 1 amide bonds. The highest BCUT2D eigenvalue weighted by atomic mass is 16.5. The number of hydrogen-bond acceptors (Lipinski definition) is 3. The van der Waals surface area contributed by atoms with Crippen molar-refractivity contribution in [2.24, 2.45) is 0 Å². The van der Waals surface area contributed by atoms with Gasteiger partial charge in [0.2, 0.25) is 5.88 Å². The van der Waals surface area contributed by atoms with Gasteiger partial charge in [-0.05, 0) is 12.1 Å². The van der Waals surface area contributed by atoms with Gasteiger partial charge in [-0.2, -0.15) is 0 Å². The van der Waals surface area contributed by atoms with E-state index in [1.807, 2.05) is 0 Å². The number of ether oxygens (including phenoxy) is 1. The summed E-state index contributed by atoms with van der Waals surface area (Å²) in [5.74, 6) is 0.264. The van der Waals surface area contributed by atoms with E-state index in [1.54, 1.807) is 12.1 Å². The molecule has 0 unspecified atom stereocenters. The van der Waals surface area contributed by atoms with Crippen LogP contribution < -0.4 is 10.1 Å². The number of carbonyl (C=O) groups is 1. The summed E-state index contributed by atoms with van der Waals surface area (Å²) >= 11 is 0. The molecule has 1 aromatic rings. The van der Waals surface area contributed by atoms with Crippen LogP contribution in [0.1, 0.15) is 0 Å². The summed E-state index contributed by atoms with van der Waals surface area (Å²) in [5.41, 5.74) is 0.340. The highest BCUT2D eigenvalue weighted by Gasteiger charge is 2.04. The van der Waals surface area contributed by atoms with E-state index in [-0.39, 0.29) is 5.88 Å². The number of methoxy groups -OCH3 is 1. The van der Waals surface area contributed by atoms with Crippen molar-refractivity contribution in [1.82, 2.24) is 4.98 Å². The zero-order chi connectivity index (χ0) is 8.97. The van der Waals surface area contributed by atoms with Crippen LogP contribution in [-0.4, -0.2) is 23.3 Å². The van der Waals surface area contributed by atoms with Crippen molar-refractivity contribution in [2.45, 2.75) is 0 Å². The molecule has 2 N–H and O–H groups in total. The highest BCUT2D eigenvalue weighted by molar-refractivity contribution is 5.84. The Morgan fingerprint density at radius 1 is 1.75 bits per heavy atom. The zero-order valence-corrected chi connectivity index (χ0v) is 6.44. The van der Waals surface area contributed by atoms with Crippen LogP contribution in [0.3, 0.4) is 0 Å². The molecule has 0 radical (unpaired) electrons. The first-order chi connectivity index (χ1) is 5.74. The second-order valence-corrected chi connectivity index (χ2v) is 1.99. The van der Waals surface area contributed by atoms with Gasteiger partial charge in [-0.1, -0.05) is 0 Å². The van der Waals surface area contributed by atoms with E-state index in [0.717, 1.165) is 0 Å². The van der Waals surface area contributed by atoms with Gasteiger partial charge in [0, 0.05) is 6.20 Å². The second-order valence-electron chi connectivity index (χ2n) is 1.99. The van der Waals surface area contributed by atoms with Crippen molar-refractivity contribution in [3.63, 3.8) is 0 Å². The highest BCUT2D eigenvalue weighted by Crippen LogP contribution is 2.19. The largest absolute Gasteiger partial charge is 0.480 e. The number of nitrogens with zero attached hydrogens (tertiary/aromatic N) is 1. The first-order valence-electron chi connectivity index (χ1n) is 3.23. The van der Waals surface area contributed by atoms with Gasteiger partial charge in [0.25, 0.3) is 0 Å². The third kappa shape index (κ3) is 1.85. The Labute approximate surface area is 69.0 Å². The Bertz CT molecular complexity index is 288. The van der Waals surface area contributed by atoms with E-state index in [9.17, 15) is 4.79 Å². The van der Waals surface area contributed by atoms with Crippen LogP contribution in [0.2, 0.25) is 0 Å². The minimum Gasteiger partial charge on any atom is -0.480 e. The standard InChI is InChI=1S/C7H8N2O3/c1-12-6-5(9-7(10)11)3-2-4-8-6/h2-4,9H,1H3,(H,10,11). The van der Waals surface area contributed by atoms with Crippen molar-refractivity contribution < 1.29 is 14.6 Å². The smallest absolute Gasteiger partial charge is 0.409 e. The lowest BCUT2D eigenvalue weighted by Gasteiger charge is -2.04. The van der Waals surface area contributed by atoms with Gasteiger partial charge in [-0.25, -0.2) is 9.78 Å². The first kappa shape index (κ1) is 8.32. The van der Waals surface area contributed by atoms with Gasteiger partial charge in [-0.3, -0.25) is 5.32 Å². The summed E-state index contributed by atoms with van der Waals surface area (Å²) < 4.78 is 4.81. The van der Waals surface area contributed by atoms with Crippen molar-refractivity contribution >= 4 is 11.8 Å². The SMILES string of the molecule is COc1ncccc1NC(=O)O. The van der Waals surface area contributed by atoms with Crippen LogP contribution in [0.5, 0.6) is 5.88 Å². The average Bonchev–Trinajstić information content (AvgIpc) is 2.04. The van der Waals surface area contributed by atoms with Crippen molar-refractivity contribution in [1.29, 1.82) is 0 Å².